The van der Waals surface area contributed by atoms with Crippen molar-refractivity contribution in [3.8, 4) is 0 Å². The zero-order valence-corrected chi connectivity index (χ0v) is 19.1. The maximum atomic E-state index is 12.9. The lowest BCUT2D eigenvalue weighted by molar-refractivity contribution is -0.431. The molecule has 4 rings (SSSR count). The van der Waals surface area contributed by atoms with Gasteiger partial charge in [0.25, 0.3) is 5.91 Å². The number of thiophene rings is 1. The zero-order chi connectivity index (χ0) is 23.9. The highest BCUT2D eigenvalue weighted by Gasteiger charge is 2.14. The Kier molecular flexibility index (Phi) is 6.99. The van der Waals surface area contributed by atoms with Crippen LogP contribution in [0.1, 0.15) is 15.2 Å². The number of pyridine rings is 1. The van der Waals surface area contributed by atoms with E-state index < -0.39 is 4.92 Å². The van der Waals surface area contributed by atoms with E-state index in [9.17, 15) is 14.9 Å². The van der Waals surface area contributed by atoms with Gasteiger partial charge in [-0.05, 0) is 58.3 Å². The van der Waals surface area contributed by atoms with Crippen molar-refractivity contribution in [2.24, 2.45) is 0 Å². The molecule has 172 valence electrons. The number of hydrogen-bond acceptors (Lipinski definition) is 8. The number of nitro groups is 1. The number of carbonyl (C=O) groups is 1. The molecule has 34 heavy (non-hydrogen) atoms. The summed E-state index contributed by atoms with van der Waals surface area (Å²) in [5.74, 6) is -0.377. The predicted octanol–water partition coefficient (Wildman–Crippen LogP) is 4.87. The molecule has 0 saturated heterocycles. The molecule has 0 atom stereocenters. The Morgan fingerprint density at radius 1 is 1.09 bits per heavy atom. The first-order valence-electron chi connectivity index (χ1n) is 10.4. The van der Waals surface area contributed by atoms with Gasteiger partial charge in [-0.3, -0.25) is 15.1 Å². The molecule has 10 heteroatoms. The minimum atomic E-state index is -0.522. The van der Waals surface area contributed by atoms with E-state index in [-0.39, 0.29) is 11.7 Å². The minimum absolute atomic E-state index is 0.158. The summed E-state index contributed by atoms with van der Waals surface area (Å²) in [5.41, 5.74) is 4.04. The van der Waals surface area contributed by atoms with E-state index in [0.29, 0.717) is 22.8 Å². The molecule has 0 aliphatic carbocycles. The van der Waals surface area contributed by atoms with Crippen LogP contribution in [0.15, 0.2) is 84.3 Å². The van der Waals surface area contributed by atoms with Gasteiger partial charge in [0.2, 0.25) is 0 Å². The van der Waals surface area contributed by atoms with E-state index in [0.717, 1.165) is 22.2 Å². The van der Waals surface area contributed by atoms with E-state index in [1.54, 1.807) is 30.5 Å². The number of carbonyl (C=O) groups excluding carboxylic acids is 1. The second-order valence-corrected chi connectivity index (χ2v) is 8.13. The average Bonchev–Trinajstić information content (AvgIpc) is 3.33. The predicted molar refractivity (Wildman–Crippen MR) is 136 cm³/mol. The first kappa shape index (κ1) is 22.7. The molecule has 2 heterocycles. The second kappa shape index (κ2) is 10.5. The van der Waals surface area contributed by atoms with E-state index in [1.807, 2.05) is 41.8 Å². The van der Waals surface area contributed by atoms with Crippen molar-refractivity contribution in [2.45, 2.75) is 6.54 Å². The summed E-state index contributed by atoms with van der Waals surface area (Å²) in [6.07, 6.45) is 3.05. The molecule has 0 bridgehead atoms. The van der Waals surface area contributed by atoms with Crippen LogP contribution in [0.3, 0.4) is 0 Å². The molecule has 2 aromatic heterocycles. The highest BCUT2D eigenvalue weighted by atomic mass is 32.1. The van der Waals surface area contributed by atoms with Crippen LogP contribution in [-0.2, 0) is 6.54 Å². The smallest absolute Gasteiger partial charge is 0.332 e. The van der Waals surface area contributed by atoms with Gasteiger partial charge in [-0.1, -0.05) is 18.2 Å². The molecule has 4 aromatic rings. The highest BCUT2D eigenvalue weighted by Crippen LogP contribution is 2.26. The fourth-order valence-corrected chi connectivity index (χ4v) is 4.09. The molecule has 4 N–H and O–H groups in total. The minimum Gasteiger partial charge on any atom is -0.380 e. The Labute approximate surface area is 199 Å². The van der Waals surface area contributed by atoms with Crippen molar-refractivity contribution < 1.29 is 9.72 Å². The molecule has 2 aromatic carbocycles. The van der Waals surface area contributed by atoms with Crippen molar-refractivity contribution in [2.75, 3.05) is 23.0 Å². The first-order chi connectivity index (χ1) is 16.5. The normalized spacial score (nSPS) is 11.1. The highest BCUT2D eigenvalue weighted by molar-refractivity contribution is 7.12. The van der Waals surface area contributed by atoms with Crippen LogP contribution in [0.5, 0.6) is 0 Å². The largest absolute Gasteiger partial charge is 0.380 e. The summed E-state index contributed by atoms with van der Waals surface area (Å²) in [7, 11) is 1.47. The Morgan fingerprint density at radius 3 is 2.62 bits per heavy atom. The van der Waals surface area contributed by atoms with Crippen molar-refractivity contribution in [1.82, 2.24) is 10.3 Å². The number of anilines is 3. The molecule has 0 fully saturated rings. The van der Waals surface area contributed by atoms with Crippen LogP contribution in [-0.4, -0.2) is 22.9 Å². The van der Waals surface area contributed by atoms with Gasteiger partial charge in [-0.25, -0.2) is 0 Å². The monoisotopic (exact) mass is 474 g/mol. The van der Waals surface area contributed by atoms with Crippen LogP contribution < -0.4 is 21.3 Å². The maximum absolute atomic E-state index is 12.9. The summed E-state index contributed by atoms with van der Waals surface area (Å²) in [6.45, 7) is 0.562. The molecule has 0 unspecified atom stereocenters. The van der Waals surface area contributed by atoms with Gasteiger partial charge in [0.05, 0.1) is 24.5 Å². The molecule has 0 saturated carbocycles. The molecule has 0 aliphatic rings. The van der Waals surface area contributed by atoms with Crippen molar-refractivity contribution in [1.29, 1.82) is 0 Å². The molecule has 0 spiro atoms. The number of nitrogens with zero attached hydrogens (tertiary/aromatic N) is 2. The summed E-state index contributed by atoms with van der Waals surface area (Å²) in [6, 6.07) is 18.7. The fraction of sp³-hybridized carbons (Fsp3) is 0.0833. The Hall–Kier alpha value is -4.44. The quantitative estimate of drug-likeness (QED) is 0.202. The van der Waals surface area contributed by atoms with Gasteiger partial charge in [0.15, 0.2) is 0 Å². The third kappa shape index (κ3) is 5.30. The topological polar surface area (TPSA) is 121 Å². The lowest BCUT2D eigenvalue weighted by Crippen LogP contribution is -2.16. The standard InChI is InChI=1S/C24H22N6O3S/c1-25-22(30(32)33)15-27-17-6-8-18(9-7-17)29-24(31)23-21(11-13-34-23)28-14-16-10-12-26-20-5-3-2-4-19(16)20/h2-13,15,25,27-28H,14H2,1H3,(H,29,31). The Balaban J connectivity index is 1.40. The number of fused-ring (bicyclic) bond motifs is 1. The van der Waals surface area contributed by atoms with Crippen LogP contribution >= 0.6 is 11.3 Å². The summed E-state index contributed by atoms with van der Waals surface area (Å²) >= 11 is 1.36. The van der Waals surface area contributed by atoms with Crippen LogP contribution in [0.4, 0.5) is 17.1 Å². The number of para-hydroxylation sites is 1. The summed E-state index contributed by atoms with van der Waals surface area (Å²) in [5, 5.41) is 25.4. The van der Waals surface area contributed by atoms with E-state index in [1.165, 1.54) is 24.6 Å². The Bertz CT molecular complexity index is 1350. The van der Waals surface area contributed by atoms with Gasteiger partial charge < -0.3 is 26.1 Å². The van der Waals surface area contributed by atoms with Gasteiger partial charge >= 0.3 is 5.82 Å². The lowest BCUT2D eigenvalue weighted by atomic mass is 10.1. The zero-order valence-electron chi connectivity index (χ0n) is 18.2. The van der Waals surface area contributed by atoms with Crippen molar-refractivity contribution in [3.05, 3.63) is 105 Å². The number of nitrogens with one attached hydrogen (secondary N) is 4. The number of hydrogen-bond donors (Lipinski definition) is 4. The van der Waals surface area contributed by atoms with Gasteiger partial charge in [0.1, 0.15) is 4.88 Å². The molecule has 9 nitrogen and oxygen atoms in total. The number of aromatic nitrogens is 1. The van der Waals surface area contributed by atoms with Crippen LogP contribution in [0.2, 0.25) is 0 Å². The van der Waals surface area contributed by atoms with Crippen LogP contribution in [0.25, 0.3) is 10.9 Å². The fourth-order valence-electron chi connectivity index (χ4n) is 3.33. The average molecular weight is 475 g/mol. The molecular formula is C24H22N6O3S. The van der Waals surface area contributed by atoms with Crippen LogP contribution in [0, 0.1) is 10.1 Å². The number of amides is 1. The summed E-state index contributed by atoms with van der Waals surface area (Å²) in [4.78, 5) is 28.1. The maximum Gasteiger partial charge on any atom is 0.332 e. The van der Waals surface area contributed by atoms with Gasteiger partial charge in [0, 0.05) is 29.5 Å². The lowest BCUT2D eigenvalue weighted by Gasteiger charge is -2.11. The Morgan fingerprint density at radius 2 is 1.85 bits per heavy atom. The summed E-state index contributed by atoms with van der Waals surface area (Å²) < 4.78 is 0. The number of rotatable bonds is 9. The van der Waals surface area contributed by atoms with E-state index in [2.05, 4.69) is 26.3 Å². The third-order valence-corrected chi connectivity index (χ3v) is 5.96. The number of benzene rings is 2. The van der Waals surface area contributed by atoms with Crippen molar-refractivity contribution >= 4 is 45.2 Å². The molecular weight excluding hydrogens is 452 g/mol. The molecule has 0 aliphatic heterocycles. The van der Waals surface area contributed by atoms with Gasteiger partial charge in [-0.2, -0.15) is 0 Å². The first-order valence-corrected chi connectivity index (χ1v) is 11.3. The molecule has 1 amide bonds. The van der Waals surface area contributed by atoms with E-state index in [4.69, 9.17) is 0 Å². The second-order valence-electron chi connectivity index (χ2n) is 7.22. The van der Waals surface area contributed by atoms with E-state index >= 15 is 0 Å². The molecule has 0 radical (unpaired) electrons. The van der Waals surface area contributed by atoms with Gasteiger partial charge in [-0.15, -0.1) is 11.3 Å². The third-order valence-electron chi connectivity index (χ3n) is 5.05. The van der Waals surface area contributed by atoms with Crippen molar-refractivity contribution in [3.63, 3.8) is 0 Å². The SMILES string of the molecule is CNC(=CNc1ccc(NC(=O)c2sccc2NCc2ccnc3ccccc23)cc1)[N+](=O)[O-].